The van der Waals surface area contributed by atoms with Gasteiger partial charge in [-0.15, -0.1) is 11.3 Å². The molecule has 0 saturated heterocycles. The molecule has 5 aliphatic rings. The largest absolute Gasteiger partial charge is 0.457 e. The zero-order chi connectivity index (χ0) is 39.4. The van der Waals surface area contributed by atoms with Crippen molar-refractivity contribution >= 4 is 48.6 Å². The quantitative estimate of drug-likeness (QED) is 0.160. The molecule has 8 aromatic rings. The van der Waals surface area contributed by atoms with E-state index >= 15 is 0 Å². The van der Waals surface area contributed by atoms with Gasteiger partial charge in [-0.2, -0.15) is 0 Å². The summed E-state index contributed by atoms with van der Waals surface area (Å²) in [6.45, 7) is 6.94. The first-order valence-electron chi connectivity index (χ1n) is 21.8. The molecule has 4 saturated carbocycles. The number of aryl methyl sites for hydroxylation is 1. The Morgan fingerprint density at radius 1 is 0.542 bits per heavy atom. The molecule has 5 aliphatic carbocycles. The second kappa shape index (κ2) is 13.4. The average Bonchev–Trinajstić information content (AvgIpc) is 3.74. The van der Waals surface area contributed by atoms with Gasteiger partial charge >= 0.3 is 0 Å². The van der Waals surface area contributed by atoms with Gasteiger partial charge in [-0.05, 0) is 162 Å². The van der Waals surface area contributed by atoms with E-state index in [1.165, 1.54) is 108 Å². The lowest BCUT2D eigenvalue weighted by atomic mass is 9.50. The van der Waals surface area contributed by atoms with Gasteiger partial charge in [0.2, 0.25) is 0 Å². The molecule has 1 aromatic heterocycles. The number of benzene rings is 7. The van der Waals surface area contributed by atoms with Crippen LogP contribution in [-0.2, 0) is 5.41 Å². The molecule has 3 heteroatoms. The molecule has 0 amide bonds. The van der Waals surface area contributed by atoms with Crippen molar-refractivity contribution in [1.29, 1.82) is 0 Å². The monoisotopic (exact) mass is 783 g/mol. The molecule has 0 spiro atoms. The van der Waals surface area contributed by atoms with E-state index in [1.54, 1.807) is 0 Å². The molecule has 4 fully saturated rings. The Morgan fingerprint density at radius 3 is 2.05 bits per heavy atom. The summed E-state index contributed by atoms with van der Waals surface area (Å²) in [5.74, 6) is 5.73. The fourth-order valence-corrected chi connectivity index (χ4v) is 13.6. The van der Waals surface area contributed by atoms with Gasteiger partial charge in [-0.1, -0.05) is 111 Å². The van der Waals surface area contributed by atoms with Crippen LogP contribution >= 0.6 is 11.3 Å². The minimum atomic E-state index is -0.108. The third-order valence-corrected chi connectivity index (χ3v) is 16.0. The highest BCUT2D eigenvalue weighted by atomic mass is 32.1. The summed E-state index contributed by atoms with van der Waals surface area (Å²) in [6.07, 6.45) is 6.90. The molecule has 13 rings (SSSR count). The molecule has 0 aliphatic heterocycles. The van der Waals surface area contributed by atoms with Crippen molar-refractivity contribution in [3.63, 3.8) is 0 Å². The second-order valence-corrected chi connectivity index (χ2v) is 19.7. The number of rotatable bonds is 7. The average molecular weight is 784 g/mol. The van der Waals surface area contributed by atoms with E-state index in [4.69, 9.17) is 4.74 Å². The molecule has 290 valence electrons. The molecule has 0 radical (unpaired) electrons. The summed E-state index contributed by atoms with van der Waals surface area (Å²) >= 11 is 1.90. The SMILES string of the molecule is Cc1ccccc1Oc1ccc(N(c2cccc(-c3cccc4c3sc3ccccc34)c2)c2ccc3c(c2)C(C)(C)c2ccccc2-3)cc1C1[C@H]2C[C@H]3C[C@H](C[C@H]1C3)C2. The number of anilines is 3. The van der Waals surface area contributed by atoms with Gasteiger partial charge in [0.05, 0.1) is 0 Å². The number of hydrogen-bond acceptors (Lipinski definition) is 3. The minimum absolute atomic E-state index is 0.108. The first kappa shape index (κ1) is 35.3. The van der Waals surface area contributed by atoms with Crippen molar-refractivity contribution in [2.24, 2.45) is 23.7 Å². The van der Waals surface area contributed by atoms with Crippen LogP contribution in [0.4, 0.5) is 17.1 Å². The van der Waals surface area contributed by atoms with Crippen molar-refractivity contribution in [2.75, 3.05) is 4.90 Å². The summed E-state index contributed by atoms with van der Waals surface area (Å²) in [4.78, 5) is 2.53. The van der Waals surface area contributed by atoms with Crippen LogP contribution in [0.5, 0.6) is 11.5 Å². The van der Waals surface area contributed by atoms with Gasteiger partial charge in [0, 0.05) is 48.2 Å². The molecule has 2 nitrogen and oxygen atoms in total. The first-order chi connectivity index (χ1) is 28.9. The second-order valence-electron chi connectivity index (χ2n) is 18.6. The minimum Gasteiger partial charge on any atom is -0.457 e. The van der Waals surface area contributed by atoms with Gasteiger partial charge < -0.3 is 9.64 Å². The van der Waals surface area contributed by atoms with Gasteiger partial charge in [0.25, 0.3) is 0 Å². The molecular weight excluding hydrogens is 735 g/mol. The fraction of sp³-hybridized carbons (Fsp3) is 0.250. The van der Waals surface area contributed by atoms with Crippen LogP contribution in [0.3, 0.4) is 0 Å². The van der Waals surface area contributed by atoms with Crippen LogP contribution in [0.25, 0.3) is 42.4 Å². The molecule has 0 N–H and O–H groups in total. The third-order valence-electron chi connectivity index (χ3n) is 14.8. The maximum atomic E-state index is 6.99. The maximum absolute atomic E-state index is 6.99. The summed E-state index contributed by atoms with van der Waals surface area (Å²) in [7, 11) is 0. The van der Waals surface area contributed by atoms with Crippen molar-refractivity contribution in [2.45, 2.75) is 64.2 Å². The smallest absolute Gasteiger partial charge is 0.131 e. The van der Waals surface area contributed by atoms with E-state index in [9.17, 15) is 0 Å². The van der Waals surface area contributed by atoms with Crippen LogP contribution in [0, 0.1) is 30.6 Å². The summed E-state index contributed by atoms with van der Waals surface area (Å²) in [5.41, 5.74) is 14.0. The predicted molar refractivity (Wildman–Crippen MR) is 248 cm³/mol. The lowest BCUT2D eigenvalue weighted by molar-refractivity contribution is -0.00334. The van der Waals surface area contributed by atoms with Crippen LogP contribution in [0.15, 0.2) is 152 Å². The Bertz CT molecular complexity index is 2920. The highest BCUT2D eigenvalue weighted by Crippen LogP contribution is 2.61. The Kier molecular flexibility index (Phi) is 8.05. The summed E-state index contributed by atoms with van der Waals surface area (Å²) < 4.78 is 9.67. The normalized spacial score (nSPS) is 22.1. The fourth-order valence-electron chi connectivity index (χ4n) is 12.3. The van der Waals surface area contributed by atoms with Crippen LogP contribution in [0.1, 0.15) is 74.1 Å². The van der Waals surface area contributed by atoms with E-state index in [2.05, 4.69) is 177 Å². The molecular formula is C56H49NOS. The first-order valence-corrected chi connectivity index (χ1v) is 22.6. The highest BCUT2D eigenvalue weighted by Gasteiger charge is 2.49. The maximum Gasteiger partial charge on any atom is 0.131 e. The summed E-state index contributed by atoms with van der Waals surface area (Å²) in [6, 6.07) is 56.8. The van der Waals surface area contributed by atoms with Gasteiger partial charge in [0.1, 0.15) is 11.5 Å². The number of ether oxygens (including phenoxy) is 1. The molecule has 7 aromatic carbocycles. The van der Waals surface area contributed by atoms with Gasteiger partial charge in [-0.3, -0.25) is 0 Å². The Morgan fingerprint density at radius 2 is 1.20 bits per heavy atom. The zero-order valence-corrected chi connectivity index (χ0v) is 34.9. The van der Waals surface area contributed by atoms with Gasteiger partial charge in [0.15, 0.2) is 0 Å². The van der Waals surface area contributed by atoms with Crippen LogP contribution in [0.2, 0.25) is 0 Å². The van der Waals surface area contributed by atoms with E-state index in [-0.39, 0.29) is 5.41 Å². The van der Waals surface area contributed by atoms with Crippen molar-refractivity contribution < 1.29 is 4.74 Å². The van der Waals surface area contributed by atoms with Crippen LogP contribution in [-0.4, -0.2) is 0 Å². The van der Waals surface area contributed by atoms with Gasteiger partial charge in [-0.25, -0.2) is 0 Å². The number of nitrogens with zero attached hydrogens (tertiary/aromatic N) is 1. The Labute approximate surface area is 352 Å². The van der Waals surface area contributed by atoms with E-state index < -0.39 is 0 Å². The lowest BCUT2D eigenvalue weighted by Gasteiger charge is -2.54. The Balaban J connectivity index is 1.05. The number of thiophene rings is 1. The predicted octanol–water partition coefficient (Wildman–Crippen LogP) is 16.1. The number of fused-ring (bicyclic) bond motifs is 6. The third kappa shape index (κ3) is 5.65. The van der Waals surface area contributed by atoms with Crippen molar-refractivity contribution in [3.05, 3.63) is 174 Å². The summed E-state index contributed by atoms with van der Waals surface area (Å²) in [5, 5.41) is 2.66. The number of para-hydroxylation sites is 1. The van der Waals surface area contributed by atoms with Crippen molar-refractivity contribution in [3.8, 4) is 33.8 Å². The number of hydrogen-bond donors (Lipinski definition) is 0. The molecule has 4 bridgehead atoms. The molecule has 0 atom stereocenters. The van der Waals surface area contributed by atoms with Crippen LogP contribution < -0.4 is 9.64 Å². The van der Waals surface area contributed by atoms with E-state index in [0.29, 0.717) is 5.92 Å². The van der Waals surface area contributed by atoms with E-state index in [0.717, 1.165) is 40.9 Å². The Hall–Kier alpha value is -5.64. The molecule has 1 heterocycles. The highest BCUT2D eigenvalue weighted by molar-refractivity contribution is 7.26. The molecule has 59 heavy (non-hydrogen) atoms. The topological polar surface area (TPSA) is 12.5 Å². The standard InChI is InChI=1S/C56H49NOS/c1-34-12-4-8-20-51(34)58-52-25-23-41(32-48(52)54-38-27-35-26-36(29-38)30-39(54)28-35)57(42-22-24-45-44-15-5-7-19-49(44)56(2,3)50(45)33-42)40-14-10-13-37(31-40)43-17-11-18-47-46-16-6-9-21-53(46)59-55(43)47/h4-25,31-33,35-36,38-39,54H,26-30H2,1-3H3/t35-,36+,38+,39-,54?. The lowest BCUT2D eigenvalue weighted by Crippen LogP contribution is -2.43. The molecule has 0 unspecified atom stereocenters. The van der Waals surface area contributed by atoms with E-state index in [1.807, 2.05) is 11.3 Å². The van der Waals surface area contributed by atoms with Crippen molar-refractivity contribution in [1.82, 2.24) is 0 Å². The zero-order valence-electron chi connectivity index (χ0n) is 34.1.